The molecule has 9 nitrogen and oxygen atoms in total. The van der Waals surface area contributed by atoms with E-state index in [1.54, 1.807) is 19.2 Å². The van der Waals surface area contributed by atoms with Crippen molar-refractivity contribution in [2.75, 3.05) is 23.7 Å². The van der Waals surface area contributed by atoms with E-state index in [2.05, 4.69) is 20.2 Å². The third-order valence-corrected chi connectivity index (χ3v) is 3.92. The molecule has 1 saturated heterocycles. The third kappa shape index (κ3) is 2.57. The molecule has 3 rings (SSSR count). The Bertz CT molecular complexity index is 699. The van der Waals surface area contributed by atoms with E-state index in [1.165, 1.54) is 0 Å². The van der Waals surface area contributed by atoms with E-state index in [4.69, 9.17) is 5.73 Å². The lowest BCUT2D eigenvalue weighted by molar-refractivity contribution is -0.384. The molecule has 0 bridgehead atoms. The zero-order valence-corrected chi connectivity index (χ0v) is 12.2. The van der Waals surface area contributed by atoms with Crippen LogP contribution < -0.4 is 10.6 Å². The summed E-state index contributed by atoms with van der Waals surface area (Å²) in [5, 5.41) is 18.0. The third-order valence-electron chi connectivity index (χ3n) is 3.92. The zero-order chi connectivity index (χ0) is 15.7. The van der Waals surface area contributed by atoms with Crippen molar-refractivity contribution in [3.05, 3.63) is 33.8 Å². The summed E-state index contributed by atoms with van der Waals surface area (Å²) in [7, 11) is 0. The fourth-order valence-electron chi connectivity index (χ4n) is 2.86. The number of hydrogen-bond acceptors (Lipinski definition) is 7. The lowest BCUT2D eigenvalue weighted by Crippen LogP contribution is -2.35. The Balaban J connectivity index is 1.89. The number of nitrogens with one attached hydrogen (secondary N) is 1. The fraction of sp³-hybridized carbons (Fsp3) is 0.462. The van der Waals surface area contributed by atoms with Gasteiger partial charge in [0.15, 0.2) is 0 Å². The van der Waals surface area contributed by atoms with Crippen LogP contribution in [0.1, 0.15) is 30.1 Å². The highest BCUT2D eigenvalue weighted by Gasteiger charge is 2.29. The molecule has 0 spiro atoms. The van der Waals surface area contributed by atoms with Crippen LogP contribution in [0.3, 0.4) is 0 Å². The molecule has 0 saturated carbocycles. The lowest BCUT2D eigenvalue weighted by atomic mass is 9.97. The number of aryl methyl sites for hydroxylation is 1. The second-order valence-electron chi connectivity index (χ2n) is 5.42. The van der Waals surface area contributed by atoms with E-state index in [-0.39, 0.29) is 22.5 Å². The van der Waals surface area contributed by atoms with Crippen LogP contribution in [0.15, 0.2) is 12.3 Å². The van der Waals surface area contributed by atoms with Crippen LogP contribution in [0.25, 0.3) is 0 Å². The molecular formula is C13H17N7O2. The Morgan fingerprint density at radius 2 is 2.36 bits per heavy atom. The van der Waals surface area contributed by atoms with Crippen LogP contribution in [-0.2, 0) is 0 Å². The molecule has 3 heterocycles. The summed E-state index contributed by atoms with van der Waals surface area (Å²) in [4.78, 5) is 21.3. The van der Waals surface area contributed by atoms with E-state index in [0.717, 1.165) is 25.2 Å². The molecular weight excluding hydrogens is 286 g/mol. The smallest absolute Gasteiger partial charge is 0.314 e. The molecule has 9 heteroatoms. The highest BCUT2D eigenvalue weighted by atomic mass is 16.6. The van der Waals surface area contributed by atoms with Crippen molar-refractivity contribution in [1.29, 1.82) is 0 Å². The highest BCUT2D eigenvalue weighted by Crippen LogP contribution is 2.33. The van der Waals surface area contributed by atoms with Gasteiger partial charge in [0.05, 0.1) is 4.92 Å². The van der Waals surface area contributed by atoms with Gasteiger partial charge >= 0.3 is 5.69 Å². The number of H-pyrrole nitrogens is 1. The summed E-state index contributed by atoms with van der Waals surface area (Å²) in [5.41, 5.74) is 6.23. The number of hydrogen-bond donors (Lipinski definition) is 2. The number of aromatic nitrogens is 4. The van der Waals surface area contributed by atoms with Gasteiger partial charge in [-0.15, -0.1) is 5.10 Å². The molecule has 2 aromatic rings. The summed E-state index contributed by atoms with van der Waals surface area (Å²) in [6.07, 6.45) is 3.44. The Hall–Kier alpha value is -2.71. The SMILES string of the molecule is Cc1ccnc(N2CCC[C@@H](c3nc(N)n[nH]3)C2)c1[N+](=O)[O-]. The summed E-state index contributed by atoms with van der Waals surface area (Å²) in [6, 6.07) is 1.65. The summed E-state index contributed by atoms with van der Waals surface area (Å²) < 4.78 is 0. The van der Waals surface area contributed by atoms with Crippen molar-refractivity contribution in [3.63, 3.8) is 0 Å². The van der Waals surface area contributed by atoms with Crippen LogP contribution in [0.2, 0.25) is 0 Å². The Labute approximate surface area is 126 Å². The number of aromatic amines is 1. The van der Waals surface area contributed by atoms with Crippen molar-refractivity contribution in [3.8, 4) is 0 Å². The second-order valence-corrected chi connectivity index (χ2v) is 5.42. The van der Waals surface area contributed by atoms with E-state index in [0.29, 0.717) is 17.9 Å². The predicted octanol–water partition coefficient (Wildman–Crippen LogP) is 1.38. The molecule has 22 heavy (non-hydrogen) atoms. The molecule has 0 radical (unpaired) electrons. The fourth-order valence-corrected chi connectivity index (χ4v) is 2.86. The molecule has 1 atom stereocenters. The number of nitrogen functional groups attached to an aromatic ring is 1. The highest BCUT2D eigenvalue weighted by molar-refractivity contribution is 5.61. The molecule has 1 aliphatic rings. The standard InChI is InChI=1S/C13H17N7O2/c1-8-4-5-15-12(10(8)20(21)22)19-6-2-3-9(7-19)11-16-13(14)18-17-11/h4-5,9H,2-3,6-7H2,1H3,(H3,14,16,17,18)/t9-/m1/s1. The van der Waals surface area contributed by atoms with E-state index >= 15 is 0 Å². The van der Waals surface area contributed by atoms with Crippen molar-refractivity contribution in [2.45, 2.75) is 25.7 Å². The maximum absolute atomic E-state index is 11.3. The van der Waals surface area contributed by atoms with Crippen LogP contribution in [0.4, 0.5) is 17.5 Å². The van der Waals surface area contributed by atoms with Crippen LogP contribution >= 0.6 is 0 Å². The number of nitro groups is 1. The van der Waals surface area contributed by atoms with Gasteiger partial charge in [0, 0.05) is 30.8 Å². The average Bonchev–Trinajstić information content (AvgIpc) is 2.93. The minimum atomic E-state index is -0.367. The molecule has 3 N–H and O–H groups in total. The quantitative estimate of drug-likeness (QED) is 0.647. The largest absolute Gasteiger partial charge is 0.367 e. The van der Waals surface area contributed by atoms with E-state index < -0.39 is 0 Å². The minimum Gasteiger partial charge on any atom is -0.367 e. The number of anilines is 2. The van der Waals surface area contributed by atoms with Crippen molar-refractivity contribution >= 4 is 17.5 Å². The predicted molar refractivity (Wildman–Crippen MR) is 80.6 cm³/mol. The van der Waals surface area contributed by atoms with Crippen LogP contribution in [0.5, 0.6) is 0 Å². The van der Waals surface area contributed by atoms with Gasteiger partial charge in [-0.3, -0.25) is 15.2 Å². The van der Waals surface area contributed by atoms with E-state index in [1.807, 2.05) is 4.90 Å². The Morgan fingerprint density at radius 1 is 1.55 bits per heavy atom. The first kappa shape index (κ1) is 14.2. The summed E-state index contributed by atoms with van der Waals surface area (Å²) in [6.45, 7) is 3.06. The number of nitrogens with two attached hydrogens (primary N) is 1. The molecule has 0 aliphatic carbocycles. The molecule has 1 aliphatic heterocycles. The monoisotopic (exact) mass is 303 g/mol. The van der Waals surface area contributed by atoms with E-state index in [9.17, 15) is 10.1 Å². The number of piperidine rings is 1. The van der Waals surface area contributed by atoms with Crippen molar-refractivity contribution in [1.82, 2.24) is 20.2 Å². The van der Waals surface area contributed by atoms with Gasteiger partial charge in [0.25, 0.3) is 0 Å². The molecule has 2 aromatic heterocycles. The first-order chi connectivity index (χ1) is 10.6. The number of nitrogens with zero attached hydrogens (tertiary/aromatic N) is 5. The summed E-state index contributed by atoms with van der Waals surface area (Å²) >= 11 is 0. The second kappa shape index (κ2) is 5.58. The van der Waals surface area contributed by atoms with Gasteiger partial charge in [-0.05, 0) is 25.8 Å². The number of rotatable bonds is 3. The van der Waals surface area contributed by atoms with Gasteiger partial charge < -0.3 is 10.6 Å². The van der Waals surface area contributed by atoms with Gasteiger partial charge in [-0.2, -0.15) is 4.98 Å². The first-order valence-electron chi connectivity index (χ1n) is 7.09. The van der Waals surface area contributed by atoms with Crippen LogP contribution in [-0.4, -0.2) is 38.2 Å². The molecule has 0 aromatic carbocycles. The summed E-state index contributed by atoms with van der Waals surface area (Å²) in [5.74, 6) is 1.46. The van der Waals surface area contributed by atoms with Gasteiger partial charge in [-0.25, -0.2) is 4.98 Å². The Morgan fingerprint density at radius 3 is 3.05 bits per heavy atom. The normalized spacial score (nSPS) is 18.4. The van der Waals surface area contributed by atoms with Crippen molar-refractivity contribution in [2.24, 2.45) is 0 Å². The maximum atomic E-state index is 11.3. The molecule has 116 valence electrons. The van der Waals surface area contributed by atoms with Gasteiger partial charge in [0.2, 0.25) is 11.8 Å². The molecule has 0 amide bonds. The molecule has 1 fully saturated rings. The lowest BCUT2D eigenvalue weighted by Gasteiger charge is -2.32. The average molecular weight is 303 g/mol. The number of pyridine rings is 1. The topological polar surface area (TPSA) is 127 Å². The minimum absolute atomic E-state index is 0.0697. The maximum Gasteiger partial charge on any atom is 0.314 e. The van der Waals surface area contributed by atoms with Gasteiger partial charge in [-0.1, -0.05) is 0 Å². The Kier molecular flexibility index (Phi) is 3.61. The van der Waals surface area contributed by atoms with Crippen LogP contribution in [0, 0.1) is 17.0 Å². The molecule has 0 unspecified atom stereocenters. The zero-order valence-electron chi connectivity index (χ0n) is 12.2. The van der Waals surface area contributed by atoms with Crippen molar-refractivity contribution < 1.29 is 4.92 Å². The first-order valence-corrected chi connectivity index (χ1v) is 7.09. The van der Waals surface area contributed by atoms with Gasteiger partial charge in [0.1, 0.15) is 5.82 Å².